The quantitative estimate of drug-likeness (QED) is 0.780. The zero-order chi connectivity index (χ0) is 15.4. The Bertz CT molecular complexity index is 479. The summed E-state index contributed by atoms with van der Waals surface area (Å²) in [6, 6.07) is 3.81. The van der Waals surface area contributed by atoms with Crippen LogP contribution in [0.15, 0.2) is 18.2 Å². The maximum atomic E-state index is 13.6. The molecular weight excluding hydrogens is 274 g/mol. The molecule has 0 aliphatic carbocycles. The number of hydrogen-bond acceptors (Lipinski definition) is 3. The lowest BCUT2D eigenvalue weighted by atomic mass is 10.0. The first-order valence-corrected chi connectivity index (χ1v) is 7.42. The van der Waals surface area contributed by atoms with E-state index < -0.39 is 23.0 Å². The smallest absolute Gasteiger partial charge is 0.182 e. The van der Waals surface area contributed by atoms with E-state index in [4.69, 9.17) is 0 Å². The van der Waals surface area contributed by atoms with Crippen LogP contribution in [0, 0.1) is 11.6 Å². The van der Waals surface area contributed by atoms with Gasteiger partial charge in [-0.1, -0.05) is 13.0 Å². The van der Waals surface area contributed by atoms with Gasteiger partial charge in [0.05, 0.1) is 12.1 Å². The number of piperidine rings is 1. The fourth-order valence-electron chi connectivity index (χ4n) is 2.88. The van der Waals surface area contributed by atoms with Gasteiger partial charge in [0.1, 0.15) is 11.6 Å². The standard InChI is InChI=1S/C16H22F2N2O/c1-3-20-9-7-12(8-10-20)19(2)11-15(21)16-13(17)5-4-6-14(16)18/h4-6,12H,3,7-11H2,1-2H3. The van der Waals surface area contributed by atoms with E-state index in [-0.39, 0.29) is 6.54 Å². The van der Waals surface area contributed by atoms with Crippen LogP contribution in [0.5, 0.6) is 0 Å². The first-order valence-electron chi connectivity index (χ1n) is 7.42. The highest BCUT2D eigenvalue weighted by atomic mass is 19.1. The highest BCUT2D eigenvalue weighted by Crippen LogP contribution is 2.17. The molecule has 1 fully saturated rings. The Hall–Kier alpha value is -1.33. The van der Waals surface area contributed by atoms with Gasteiger partial charge >= 0.3 is 0 Å². The molecule has 116 valence electrons. The van der Waals surface area contributed by atoms with Gasteiger partial charge in [0, 0.05) is 6.04 Å². The Labute approximate surface area is 124 Å². The predicted octanol–water partition coefficient (Wildman–Crippen LogP) is 2.56. The van der Waals surface area contributed by atoms with Crippen LogP contribution in [-0.4, -0.2) is 54.9 Å². The number of Topliss-reactive ketones (excluding diaryl/α,β-unsaturated/α-hetero) is 1. The SMILES string of the molecule is CCN1CCC(N(C)CC(=O)c2c(F)cccc2F)CC1. The number of carbonyl (C=O) groups is 1. The number of carbonyl (C=O) groups excluding carboxylic acids is 1. The van der Waals surface area contributed by atoms with Crippen molar-refractivity contribution in [1.29, 1.82) is 0 Å². The number of ketones is 1. The second-order valence-electron chi connectivity index (χ2n) is 5.60. The summed E-state index contributed by atoms with van der Waals surface area (Å²) >= 11 is 0. The van der Waals surface area contributed by atoms with Crippen molar-refractivity contribution in [3.8, 4) is 0 Å². The Morgan fingerprint density at radius 2 is 1.86 bits per heavy atom. The molecule has 0 bridgehead atoms. The van der Waals surface area contributed by atoms with Crippen LogP contribution in [0.4, 0.5) is 8.78 Å². The van der Waals surface area contributed by atoms with Crippen molar-refractivity contribution in [2.24, 2.45) is 0 Å². The second kappa shape index (κ2) is 7.09. The van der Waals surface area contributed by atoms with E-state index >= 15 is 0 Å². The van der Waals surface area contributed by atoms with Gasteiger partial charge in [-0.2, -0.15) is 0 Å². The Morgan fingerprint density at radius 3 is 2.38 bits per heavy atom. The molecule has 3 nitrogen and oxygen atoms in total. The van der Waals surface area contributed by atoms with Gasteiger partial charge in [-0.05, 0) is 51.7 Å². The summed E-state index contributed by atoms with van der Waals surface area (Å²) < 4.78 is 27.2. The van der Waals surface area contributed by atoms with Gasteiger partial charge < -0.3 is 4.90 Å². The van der Waals surface area contributed by atoms with Gasteiger partial charge in [-0.25, -0.2) is 8.78 Å². The van der Waals surface area contributed by atoms with Crippen molar-refractivity contribution in [2.75, 3.05) is 33.2 Å². The van der Waals surface area contributed by atoms with E-state index in [1.807, 2.05) is 11.9 Å². The van der Waals surface area contributed by atoms with Crippen LogP contribution >= 0.6 is 0 Å². The van der Waals surface area contributed by atoms with Crippen molar-refractivity contribution in [3.63, 3.8) is 0 Å². The monoisotopic (exact) mass is 296 g/mol. The molecule has 0 atom stereocenters. The van der Waals surface area contributed by atoms with E-state index in [1.165, 1.54) is 6.07 Å². The van der Waals surface area contributed by atoms with Crippen molar-refractivity contribution >= 4 is 5.78 Å². The zero-order valence-corrected chi connectivity index (χ0v) is 12.6. The van der Waals surface area contributed by atoms with Crippen molar-refractivity contribution < 1.29 is 13.6 Å². The molecule has 1 aliphatic heterocycles. The molecule has 0 amide bonds. The Kier molecular flexibility index (Phi) is 5.42. The molecule has 0 radical (unpaired) electrons. The molecule has 5 heteroatoms. The minimum absolute atomic E-state index is 0.0502. The minimum atomic E-state index is -0.783. The molecule has 1 saturated heterocycles. The normalized spacial score (nSPS) is 17.4. The van der Waals surface area contributed by atoms with Gasteiger partial charge in [-0.3, -0.25) is 9.69 Å². The van der Waals surface area contributed by atoms with E-state index in [0.717, 1.165) is 44.6 Å². The maximum Gasteiger partial charge on any atom is 0.182 e. The lowest BCUT2D eigenvalue weighted by Gasteiger charge is -2.36. The maximum absolute atomic E-state index is 13.6. The highest BCUT2D eigenvalue weighted by molar-refractivity contribution is 5.98. The minimum Gasteiger partial charge on any atom is -0.303 e. The molecule has 0 N–H and O–H groups in total. The lowest BCUT2D eigenvalue weighted by Crippen LogP contribution is -2.44. The number of rotatable bonds is 5. The van der Waals surface area contributed by atoms with Crippen LogP contribution in [0.2, 0.25) is 0 Å². The van der Waals surface area contributed by atoms with Crippen LogP contribution in [0.1, 0.15) is 30.1 Å². The molecule has 0 spiro atoms. The predicted molar refractivity (Wildman–Crippen MR) is 78.5 cm³/mol. The Morgan fingerprint density at radius 1 is 1.29 bits per heavy atom. The summed E-state index contributed by atoms with van der Waals surface area (Å²) in [5.74, 6) is -2.06. The van der Waals surface area contributed by atoms with Crippen LogP contribution < -0.4 is 0 Å². The molecule has 1 aromatic rings. The summed E-state index contributed by atoms with van der Waals surface area (Å²) in [4.78, 5) is 16.4. The summed E-state index contributed by atoms with van der Waals surface area (Å²) in [7, 11) is 1.85. The van der Waals surface area contributed by atoms with Crippen LogP contribution in [0.3, 0.4) is 0 Å². The molecule has 1 aromatic carbocycles. The summed E-state index contributed by atoms with van der Waals surface area (Å²) in [6.45, 7) is 5.24. The number of likely N-dealkylation sites (N-methyl/N-ethyl adjacent to an activating group) is 1. The topological polar surface area (TPSA) is 23.6 Å². The van der Waals surface area contributed by atoms with E-state index in [1.54, 1.807) is 0 Å². The number of nitrogens with zero attached hydrogens (tertiary/aromatic N) is 2. The van der Waals surface area contributed by atoms with Gasteiger partial charge in [0.2, 0.25) is 0 Å². The molecule has 1 aliphatic rings. The molecule has 1 heterocycles. The third kappa shape index (κ3) is 3.86. The van der Waals surface area contributed by atoms with E-state index in [2.05, 4.69) is 11.8 Å². The first kappa shape index (κ1) is 16.0. The summed E-state index contributed by atoms with van der Waals surface area (Å²) in [6.07, 6.45) is 1.97. The Balaban J connectivity index is 1.97. The van der Waals surface area contributed by atoms with Gasteiger partial charge in [0.15, 0.2) is 5.78 Å². The largest absolute Gasteiger partial charge is 0.303 e. The third-order valence-corrected chi connectivity index (χ3v) is 4.26. The van der Waals surface area contributed by atoms with E-state index in [9.17, 15) is 13.6 Å². The molecule has 21 heavy (non-hydrogen) atoms. The van der Waals surface area contributed by atoms with Crippen LogP contribution in [-0.2, 0) is 0 Å². The molecule has 0 unspecified atom stereocenters. The molecular formula is C16H22F2N2O. The fraction of sp³-hybridized carbons (Fsp3) is 0.562. The average molecular weight is 296 g/mol. The third-order valence-electron chi connectivity index (χ3n) is 4.26. The molecule has 0 aromatic heterocycles. The highest BCUT2D eigenvalue weighted by Gasteiger charge is 2.25. The fourth-order valence-corrected chi connectivity index (χ4v) is 2.88. The number of likely N-dealkylation sites (tertiary alicyclic amines) is 1. The van der Waals surface area contributed by atoms with Crippen molar-refractivity contribution in [2.45, 2.75) is 25.8 Å². The average Bonchev–Trinajstić information content (AvgIpc) is 2.47. The first-order chi connectivity index (χ1) is 10.0. The van der Waals surface area contributed by atoms with E-state index in [0.29, 0.717) is 6.04 Å². The number of halogens is 2. The van der Waals surface area contributed by atoms with Crippen molar-refractivity contribution in [3.05, 3.63) is 35.4 Å². The second-order valence-corrected chi connectivity index (χ2v) is 5.60. The number of benzene rings is 1. The summed E-state index contributed by atoms with van der Waals surface area (Å²) in [5.41, 5.74) is -0.421. The lowest BCUT2D eigenvalue weighted by molar-refractivity contribution is 0.0851. The van der Waals surface area contributed by atoms with Crippen molar-refractivity contribution in [1.82, 2.24) is 9.80 Å². The zero-order valence-electron chi connectivity index (χ0n) is 12.6. The van der Waals surface area contributed by atoms with Crippen LogP contribution in [0.25, 0.3) is 0 Å². The molecule has 0 saturated carbocycles. The molecule has 2 rings (SSSR count). The van der Waals surface area contributed by atoms with Gasteiger partial charge in [0.25, 0.3) is 0 Å². The number of hydrogen-bond donors (Lipinski definition) is 0. The summed E-state index contributed by atoms with van der Waals surface area (Å²) in [5, 5.41) is 0. The van der Waals surface area contributed by atoms with Gasteiger partial charge in [-0.15, -0.1) is 0 Å².